The normalized spacial score (nSPS) is 11.0. The highest BCUT2D eigenvalue weighted by Crippen LogP contribution is 2.26. The van der Waals surface area contributed by atoms with Crippen molar-refractivity contribution in [2.24, 2.45) is 0 Å². The largest absolute Gasteiger partial charge is 0.459 e. The van der Waals surface area contributed by atoms with E-state index in [0.29, 0.717) is 24.2 Å². The number of carbonyl (C=O) groups is 4. The monoisotopic (exact) mass is 758 g/mol. The van der Waals surface area contributed by atoms with Gasteiger partial charge in [-0.1, -0.05) is 49.6 Å². The smallest absolute Gasteiger partial charge is 0.349 e. The third-order valence-electron chi connectivity index (χ3n) is 8.47. The number of benzene rings is 3. The van der Waals surface area contributed by atoms with E-state index in [4.69, 9.17) is 18.9 Å². The quantitative estimate of drug-likeness (QED) is 0.0395. The highest BCUT2D eigenvalue weighted by Gasteiger charge is 2.15. The van der Waals surface area contributed by atoms with Crippen LogP contribution in [0.2, 0.25) is 0 Å². The van der Waals surface area contributed by atoms with Gasteiger partial charge in [0.2, 0.25) is 0 Å². The first-order chi connectivity index (χ1) is 27.0. The molecule has 12 heteroatoms. The van der Waals surface area contributed by atoms with E-state index in [1.807, 2.05) is 68.5 Å². The van der Waals surface area contributed by atoms with Crippen molar-refractivity contribution in [2.45, 2.75) is 40.8 Å². The molecular weight excluding hydrogens is 713 g/mol. The number of rotatable bonds is 20. The SMILES string of the molecule is C=CC(=O)OCCOC(=O)C(C#N)=Cc1ccc(N(CC)Cc2cccc(CN(CC)c3ccc(C=C(C#N)C(=O)OCCOC(=O)C=C)c(C)c3)c2)cc1C. The Morgan fingerprint density at radius 3 is 1.36 bits per heavy atom. The van der Waals surface area contributed by atoms with E-state index in [0.717, 1.165) is 58.9 Å². The van der Waals surface area contributed by atoms with Gasteiger partial charge >= 0.3 is 23.9 Å². The van der Waals surface area contributed by atoms with Gasteiger partial charge in [-0.05, 0) is 97.5 Å². The van der Waals surface area contributed by atoms with Crippen LogP contribution in [-0.2, 0) is 51.2 Å². The number of anilines is 2. The van der Waals surface area contributed by atoms with E-state index in [9.17, 15) is 29.7 Å². The summed E-state index contributed by atoms with van der Waals surface area (Å²) in [4.78, 5) is 51.7. The van der Waals surface area contributed by atoms with Crippen molar-refractivity contribution < 1.29 is 38.1 Å². The molecule has 0 unspecified atom stereocenters. The molecule has 0 aliphatic carbocycles. The van der Waals surface area contributed by atoms with Crippen molar-refractivity contribution in [1.82, 2.24) is 0 Å². The Hall–Kier alpha value is -6.92. The molecule has 0 saturated heterocycles. The number of nitrogens with zero attached hydrogens (tertiary/aromatic N) is 4. The van der Waals surface area contributed by atoms with Crippen LogP contribution in [0.4, 0.5) is 11.4 Å². The molecule has 0 radical (unpaired) electrons. The summed E-state index contributed by atoms with van der Waals surface area (Å²) in [5.74, 6) is -2.87. The van der Waals surface area contributed by atoms with Gasteiger partial charge in [0.25, 0.3) is 0 Å². The Balaban J connectivity index is 1.69. The Labute approximate surface area is 328 Å². The second-order valence-corrected chi connectivity index (χ2v) is 12.3. The third-order valence-corrected chi connectivity index (χ3v) is 8.47. The highest BCUT2D eigenvalue weighted by atomic mass is 16.6. The molecule has 0 aliphatic rings. The summed E-state index contributed by atoms with van der Waals surface area (Å²) in [5, 5.41) is 19.2. The van der Waals surface area contributed by atoms with Gasteiger partial charge in [-0.3, -0.25) is 0 Å². The summed E-state index contributed by atoms with van der Waals surface area (Å²) in [6.45, 7) is 16.7. The Morgan fingerprint density at radius 1 is 0.625 bits per heavy atom. The molecule has 0 N–H and O–H groups in total. The van der Waals surface area contributed by atoms with Gasteiger partial charge in [-0.15, -0.1) is 0 Å². The second kappa shape index (κ2) is 22.3. The summed E-state index contributed by atoms with van der Waals surface area (Å²) in [7, 11) is 0. The fourth-order valence-electron chi connectivity index (χ4n) is 5.49. The third kappa shape index (κ3) is 13.2. The number of nitriles is 2. The second-order valence-electron chi connectivity index (χ2n) is 12.3. The van der Waals surface area contributed by atoms with Crippen molar-refractivity contribution in [3.05, 3.63) is 131 Å². The fraction of sp³-hybridized carbons (Fsp3) is 0.273. The van der Waals surface area contributed by atoms with Gasteiger partial charge in [0, 0.05) is 49.7 Å². The maximum atomic E-state index is 12.4. The van der Waals surface area contributed by atoms with Crippen LogP contribution in [0.1, 0.15) is 47.2 Å². The van der Waals surface area contributed by atoms with Crippen LogP contribution in [0.3, 0.4) is 0 Å². The van der Waals surface area contributed by atoms with Crippen molar-refractivity contribution in [3.63, 3.8) is 0 Å². The summed E-state index contributed by atoms with van der Waals surface area (Å²) in [6.07, 6.45) is 4.99. The van der Waals surface area contributed by atoms with Gasteiger partial charge < -0.3 is 28.7 Å². The van der Waals surface area contributed by atoms with Crippen LogP contribution in [0.5, 0.6) is 0 Å². The van der Waals surface area contributed by atoms with E-state index in [2.05, 4.69) is 55.0 Å². The first-order valence-corrected chi connectivity index (χ1v) is 17.9. The van der Waals surface area contributed by atoms with Crippen LogP contribution in [0.25, 0.3) is 12.2 Å². The summed E-state index contributed by atoms with van der Waals surface area (Å²) < 4.78 is 19.7. The van der Waals surface area contributed by atoms with Crippen LogP contribution in [0.15, 0.2) is 97.1 Å². The number of aryl methyl sites for hydroxylation is 2. The highest BCUT2D eigenvalue weighted by molar-refractivity contribution is 5.98. The molecule has 12 nitrogen and oxygen atoms in total. The van der Waals surface area contributed by atoms with Gasteiger partial charge in [0.1, 0.15) is 49.7 Å². The molecule has 0 aromatic heterocycles. The molecule has 0 spiro atoms. The molecule has 290 valence electrons. The lowest BCUT2D eigenvalue weighted by Gasteiger charge is -2.26. The van der Waals surface area contributed by atoms with Crippen LogP contribution < -0.4 is 9.80 Å². The first kappa shape index (κ1) is 43.5. The number of ether oxygens (including phenoxy) is 4. The Morgan fingerprint density at radius 2 is 1.02 bits per heavy atom. The molecular formula is C44H46N4O8. The van der Waals surface area contributed by atoms with E-state index < -0.39 is 23.9 Å². The zero-order valence-corrected chi connectivity index (χ0v) is 32.2. The molecule has 0 saturated carbocycles. The van der Waals surface area contributed by atoms with Gasteiger partial charge in [-0.2, -0.15) is 10.5 Å². The van der Waals surface area contributed by atoms with E-state index in [-0.39, 0.29) is 37.6 Å². The number of esters is 4. The molecule has 56 heavy (non-hydrogen) atoms. The minimum atomic E-state index is -0.806. The Bertz CT molecular complexity index is 1930. The number of carbonyl (C=O) groups excluding carboxylic acids is 4. The van der Waals surface area contributed by atoms with E-state index >= 15 is 0 Å². The molecule has 3 aromatic rings. The van der Waals surface area contributed by atoms with Crippen molar-refractivity contribution in [2.75, 3.05) is 49.3 Å². The maximum Gasteiger partial charge on any atom is 0.349 e. The number of hydrogen-bond donors (Lipinski definition) is 0. The maximum absolute atomic E-state index is 12.4. The van der Waals surface area contributed by atoms with E-state index in [1.54, 1.807) is 0 Å². The minimum Gasteiger partial charge on any atom is -0.459 e. The molecule has 0 aliphatic heterocycles. The molecule has 3 aromatic carbocycles. The van der Waals surface area contributed by atoms with Gasteiger partial charge in [0.15, 0.2) is 0 Å². The average Bonchev–Trinajstić information content (AvgIpc) is 3.20. The predicted molar refractivity (Wildman–Crippen MR) is 214 cm³/mol. The lowest BCUT2D eigenvalue weighted by Crippen LogP contribution is -2.23. The summed E-state index contributed by atoms with van der Waals surface area (Å²) >= 11 is 0. The zero-order valence-electron chi connectivity index (χ0n) is 32.2. The first-order valence-electron chi connectivity index (χ1n) is 17.9. The summed E-state index contributed by atoms with van der Waals surface area (Å²) in [6, 6.07) is 23.8. The van der Waals surface area contributed by atoms with Crippen molar-refractivity contribution >= 4 is 47.4 Å². The van der Waals surface area contributed by atoms with Crippen LogP contribution in [0, 0.1) is 36.5 Å². The zero-order chi connectivity index (χ0) is 41.0. The molecule has 0 bridgehead atoms. The lowest BCUT2D eigenvalue weighted by atomic mass is 10.0. The summed E-state index contributed by atoms with van der Waals surface area (Å²) in [5.41, 5.74) is 7.03. The predicted octanol–water partition coefficient (Wildman–Crippen LogP) is 6.72. The topological polar surface area (TPSA) is 159 Å². The minimum absolute atomic E-state index is 0.142. The Kier molecular flexibility index (Phi) is 17.3. The molecule has 0 fully saturated rings. The van der Waals surface area contributed by atoms with Crippen LogP contribution in [-0.4, -0.2) is 63.4 Å². The molecule has 3 rings (SSSR count). The average molecular weight is 759 g/mol. The van der Waals surface area contributed by atoms with Crippen molar-refractivity contribution in [3.8, 4) is 12.1 Å². The standard InChI is InChI=1S/C44H46N4O8/c1-7-41(49)53-18-20-55-43(51)37(27-45)25-35-14-16-39(22-31(35)5)47(9-3)29-33-12-11-13-34(24-33)30-48(10-4)40-17-15-36(32(6)23-40)26-38(28-46)44(52)56-21-19-54-42(50)8-2/h7-8,11-17,22-26H,1-2,9-10,18-21,29-30H2,3-6H3. The van der Waals surface area contributed by atoms with Gasteiger partial charge in [-0.25, -0.2) is 19.2 Å². The van der Waals surface area contributed by atoms with Crippen molar-refractivity contribution in [1.29, 1.82) is 10.5 Å². The molecule has 0 atom stereocenters. The number of hydrogen-bond acceptors (Lipinski definition) is 12. The molecule has 0 heterocycles. The van der Waals surface area contributed by atoms with Crippen LogP contribution >= 0.6 is 0 Å². The fourth-order valence-corrected chi connectivity index (χ4v) is 5.49. The van der Waals surface area contributed by atoms with E-state index in [1.165, 1.54) is 12.2 Å². The molecule has 0 amide bonds. The van der Waals surface area contributed by atoms with Gasteiger partial charge in [0.05, 0.1) is 0 Å². The lowest BCUT2D eigenvalue weighted by molar-refractivity contribution is -0.146.